The van der Waals surface area contributed by atoms with Gasteiger partial charge in [-0.15, -0.1) is 0 Å². The molecule has 0 saturated carbocycles. The van der Waals surface area contributed by atoms with Gasteiger partial charge < -0.3 is 9.47 Å². The van der Waals surface area contributed by atoms with Gasteiger partial charge >= 0.3 is 16.1 Å². The number of methoxy groups -OCH3 is 2. The fraction of sp³-hybridized carbons (Fsp3) is 0.316. The SMILES string of the molecule is COC(=O)[C@@H](CCCc1ccc(OC)cc1)OS(=O)(=O)c1ccccc1[N+](=O)[O-]. The van der Waals surface area contributed by atoms with Crippen LogP contribution in [0.15, 0.2) is 53.4 Å². The molecule has 0 saturated heterocycles. The molecule has 0 fully saturated rings. The third kappa shape index (κ3) is 6.00. The summed E-state index contributed by atoms with van der Waals surface area (Å²) in [6.45, 7) is 0. The van der Waals surface area contributed by atoms with E-state index in [2.05, 4.69) is 4.74 Å². The standard InChI is InChI=1S/C19H21NO8S/c1-26-15-12-10-14(11-13-15)6-5-8-17(19(21)27-2)28-29(24,25)18-9-4-3-7-16(18)20(22)23/h3-4,7,9-13,17H,5-6,8H2,1-2H3/t17-/m1/s1. The van der Waals surface area contributed by atoms with Crippen LogP contribution in [0.4, 0.5) is 5.69 Å². The van der Waals surface area contributed by atoms with E-state index in [1.165, 1.54) is 12.1 Å². The Morgan fingerprint density at radius 1 is 1.10 bits per heavy atom. The molecule has 0 N–H and O–H groups in total. The summed E-state index contributed by atoms with van der Waals surface area (Å²) in [5.41, 5.74) is 0.338. The summed E-state index contributed by atoms with van der Waals surface area (Å²) in [5.74, 6) is -0.165. The Labute approximate surface area is 168 Å². The van der Waals surface area contributed by atoms with E-state index in [0.29, 0.717) is 18.6 Å². The van der Waals surface area contributed by atoms with Crippen molar-refractivity contribution in [2.75, 3.05) is 14.2 Å². The van der Waals surface area contributed by atoms with Gasteiger partial charge in [0.1, 0.15) is 5.75 Å². The predicted octanol–water partition coefficient (Wildman–Crippen LogP) is 2.87. The number of para-hydroxylation sites is 1. The highest BCUT2D eigenvalue weighted by molar-refractivity contribution is 7.87. The number of rotatable bonds is 10. The lowest BCUT2D eigenvalue weighted by Crippen LogP contribution is -2.29. The molecule has 2 aromatic carbocycles. The van der Waals surface area contributed by atoms with Crippen LogP contribution in [0, 0.1) is 10.1 Å². The zero-order chi connectivity index (χ0) is 21.4. The number of nitro groups is 1. The molecule has 29 heavy (non-hydrogen) atoms. The molecular weight excluding hydrogens is 402 g/mol. The van der Waals surface area contributed by atoms with Gasteiger partial charge in [-0.3, -0.25) is 14.3 Å². The van der Waals surface area contributed by atoms with Crippen molar-refractivity contribution in [1.29, 1.82) is 0 Å². The van der Waals surface area contributed by atoms with E-state index < -0.39 is 37.7 Å². The summed E-state index contributed by atoms with van der Waals surface area (Å²) >= 11 is 0. The van der Waals surface area contributed by atoms with Crippen LogP contribution < -0.4 is 4.74 Å². The molecule has 1 atom stereocenters. The van der Waals surface area contributed by atoms with E-state index >= 15 is 0 Å². The highest BCUT2D eigenvalue weighted by Gasteiger charge is 2.32. The third-order valence-electron chi connectivity index (χ3n) is 4.13. The summed E-state index contributed by atoms with van der Waals surface area (Å²) in [4.78, 5) is 21.7. The number of esters is 1. The number of carbonyl (C=O) groups excluding carboxylic acids is 1. The maximum Gasteiger partial charge on any atom is 0.336 e. The fourth-order valence-electron chi connectivity index (χ4n) is 2.64. The second-order valence-electron chi connectivity index (χ2n) is 6.03. The molecule has 2 aromatic rings. The van der Waals surface area contributed by atoms with Crippen molar-refractivity contribution >= 4 is 21.8 Å². The molecule has 0 amide bonds. The van der Waals surface area contributed by atoms with E-state index in [-0.39, 0.29) is 6.42 Å². The monoisotopic (exact) mass is 423 g/mol. The van der Waals surface area contributed by atoms with Crippen molar-refractivity contribution in [3.63, 3.8) is 0 Å². The Kier molecular flexibility index (Phi) is 7.68. The Morgan fingerprint density at radius 2 is 1.76 bits per heavy atom. The number of nitrogens with zero attached hydrogens (tertiary/aromatic N) is 1. The van der Waals surface area contributed by atoms with Crippen LogP contribution in [-0.2, 0) is 30.3 Å². The van der Waals surface area contributed by atoms with E-state index in [0.717, 1.165) is 24.8 Å². The second-order valence-corrected chi connectivity index (χ2v) is 7.57. The highest BCUT2D eigenvalue weighted by atomic mass is 32.2. The molecule has 9 nitrogen and oxygen atoms in total. The maximum absolute atomic E-state index is 12.5. The maximum atomic E-state index is 12.5. The lowest BCUT2D eigenvalue weighted by molar-refractivity contribution is -0.387. The van der Waals surface area contributed by atoms with Crippen LogP contribution in [0.3, 0.4) is 0 Å². The summed E-state index contributed by atoms with van der Waals surface area (Å²) in [6, 6.07) is 12.1. The molecular formula is C19H21NO8S. The molecule has 0 aromatic heterocycles. The molecule has 156 valence electrons. The summed E-state index contributed by atoms with van der Waals surface area (Å²) in [7, 11) is -1.88. The van der Waals surface area contributed by atoms with Crippen LogP contribution >= 0.6 is 0 Å². The number of ether oxygens (including phenoxy) is 2. The van der Waals surface area contributed by atoms with Gasteiger partial charge in [-0.05, 0) is 43.0 Å². The molecule has 10 heteroatoms. The number of aryl methyl sites for hydroxylation is 1. The van der Waals surface area contributed by atoms with E-state index in [1.807, 2.05) is 12.1 Å². The van der Waals surface area contributed by atoms with E-state index in [4.69, 9.17) is 8.92 Å². The zero-order valence-corrected chi connectivity index (χ0v) is 16.8. The van der Waals surface area contributed by atoms with Gasteiger partial charge in [0, 0.05) is 6.07 Å². The quantitative estimate of drug-likeness (QED) is 0.247. The number of benzene rings is 2. The van der Waals surface area contributed by atoms with Gasteiger partial charge in [0.15, 0.2) is 11.0 Å². The fourth-order valence-corrected chi connectivity index (χ4v) is 3.87. The average Bonchev–Trinajstić information content (AvgIpc) is 2.72. The molecule has 0 bridgehead atoms. The van der Waals surface area contributed by atoms with Crippen molar-refractivity contribution in [1.82, 2.24) is 0 Å². The second kappa shape index (κ2) is 9.99. The van der Waals surface area contributed by atoms with E-state index in [9.17, 15) is 23.3 Å². The first-order chi connectivity index (χ1) is 13.8. The minimum absolute atomic E-state index is 0.0541. The highest BCUT2D eigenvalue weighted by Crippen LogP contribution is 2.26. The first-order valence-corrected chi connectivity index (χ1v) is 10.1. The van der Waals surface area contributed by atoms with Gasteiger partial charge in [-0.1, -0.05) is 24.3 Å². The van der Waals surface area contributed by atoms with Crippen LogP contribution in [0.2, 0.25) is 0 Å². The van der Waals surface area contributed by atoms with Crippen molar-refractivity contribution in [2.24, 2.45) is 0 Å². The average molecular weight is 423 g/mol. The third-order valence-corrected chi connectivity index (χ3v) is 5.50. The van der Waals surface area contributed by atoms with E-state index in [1.54, 1.807) is 19.2 Å². The van der Waals surface area contributed by atoms with Crippen molar-refractivity contribution in [3.8, 4) is 5.75 Å². The first kappa shape index (κ1) is 22.3. The van der Waals surface area contributed by atoms with Gasteiger partial charge in [-0.2, -0.15) is 8.42 Å². The Morgan fingerprint density at radius 3 is 2.34 bits per heavy atom. The molecule has 2 rings (SSSR count). The molecule has 0 unspecified atom stereocenters. The minimum atomic E-state index is -4.55. The van der Waals surface area contributed by atoms with Crippen LogP contribution in [0.25, 0.3) is 0 Å². The molecule has 0 aliphatic carbocycles. The topological polar surface area (TPSA) is 122 Å². The van der Waals surface area contributed by atoms with Crippen molar-refractivity contribution < 1.29 is 31.8 Å². The van der Waals surface area contributed by atoms with Crippen LogP contribution in [0.5, 0.6) is 5.75 Å². The molecule has 0 aliphatic rings. The zero-order valence-electron chi connectivity index (χ0n) is 15.9. The van der Waals surface area contributed by atoms with Gasteiger partial charge in [-0.25, -0.2) is 4.79 Å². The minimum Gasteiger partial charge on any atom is -0.497 e. The normalized spacial score (nSPS) is 12.2. The largest absolute Gasteiger partial charge is 0.497 e. The lowest BCUT2D eigenvalue weighted by Gasteiger charge is -2.15. The van der Waals surface area contributed by atoms with Gasteiger partial charge in [0.2, 0.25) is 0 Å². The van der Waals surface area contributed by atoms with Crippen molar-refractivity contribution in [2.45, 2.75) is 30.3 Å². The number of nitro benzene ring substituents is 1. The Bertz CT molecular complexity index is 956. The molecule has 0 radical (unpaired) electrons. The lowest BCUT2D eigenvalue weighted by atomic mass is 10.1. The van der Waals surface area contributed by atoms with Gasteiger partial charge in [0.05, 0.1) is 19.1 Å². The summed E-state index contributed by atoms with van der Waals surface area (Å²) in [5, 5.41) is 11.1. The number of carbonyl (C=O) groups is 1. The van der Waals surface area contributed by atoms with Crippen molar-refractivity contribution in [3.05, 3.63) is 64.2 Å². The Hall–Kier alpha value is -2.98. The smallest absolute Gasteiger partial charge is 0.336 e. The van der Waals surface area contributed by atoms with Crippen LogP contribution in [0.1, 0.15) is 18.4 Å². The summed E-state index contributed by atoms with van der Waals surface area (Å²) < 4.78 is 39.8. The summed E-state index contributed by atoms with van der Waals surface area (Å²) in [6.07, 6.45) is -0.369. The van der Waals surface area contributed by atoms with Gasteiger partial charge in [0.25, 0.3) is 5.69 Å². The molecule has 0 spiro atoms. The number of hydrogen-bond donors (Lipinski definition) is 0. The molecule has 0 aliphatic heterocycles. The first-order valence-electron chi connectivity index (χ1n) is 8.66. The number of hydrogen-bond acceptors (Lipinski definition) is 8. The van der Waals surface area contributed by atoms with Crippen LogP contribution in [-0.4, -0.2) is 39.6 Å². The Balaban J connectivity index is 2.11. The predicted molar refractivity (Wildman–Crippen MR) is 103 cm³/mol. The molecule has 0 heterocycles.